The Morgan fingerprint density at radius 2 is 1.70 bits per heavy atom. The van der Waals surface area contributed by atoms with Crippen LogP contribution < -0.4 is 20.1 Å². The van der Waals surface area contributed by atoms with E-state index >= 15 is 0 Å². The summed E-state index contributed by atoms with van der Waals surface area (Å²) in [7, 11) is 3.13. The van der Waals surface area contributed by atoms with Gasteiger partial charge in [-0.1, -0.05) is 49.1 Å². The summed E-state index contributed by atoms with van der Waals surface area (Å²) in [6.45, 7) is 4.33. The van der Waals surface area contributed by atoms with Gasteiger partial charge in [-0.2, -0.15) is 0 Å². The number of aromatic nitrogens is 2. The van der Waals surface area contributed by atoms with Gasteiger partial charge in [0.2, 0.25) is 11.0 Å². The molecule has 0 saturated heterocycles. The van der Waals surface area contributed by atoms with Crippen LogP contribution in [-0.2, 0) is 4.79 Å². The summed E-state index contributed by atoms with van der Waals surface area (Å²) in [6.07, 6.45) is 0. The van der Waals surface area contributed by atoms with Gasteiger partial charge in [0.1, 0.15) is 11.5 Å². The first-order valence-corrected chi connectivity index (χ1v) is 11.1. The lowest BCUT2D eigenvalue weighted by atomic mass is 10.0. The molecule has 9 heteroatoms. The lowest BCUT2D eigenvalue weighted by Crippen LogP contribution is -2.14. The van der Waals surface area contributed by atoms with Gasteiger partial charge in [0.05, 0.1) is 20.0 Å². The number of benzene rings is 2. The first-order valence-electron chi connectivity index (χ1n) is 9.33. The molecule has 0 radical (unpaired) electrons. The van der Waals surface area contributed by atoms with Gasteiger partial charge in [-0.05, 0) is 23.6 Å². The summed E-state index contributed by atoms with van der Waals surface area (Å²) in [5.41, 5.74) is 2.85. The maximum atomic E-state index is 12.3. The topological polar surface area (TPSA) is 85.4 Å². The van der Waals surface area contributed by atoms with Gasteiger partial charge in [0.25, 0.3) is 0 Å². The lowest BCUT2D eigenvalue weighted by molar-refractivity contribution is -0.113. The van der Waals surface area contributed by atoms with Gasteiger partial charge in [-0.15, -0.1) is 10.2 Å². The van der Waals surface area contributed by atoms with Crippen LogP contribution in [0.2, 0.25) is 0 Å². The number of rotatable bonds is 9. The number of hydrogen-bond donors (Lipinski definition) is 2. The zero-order chi connectivity index (χ0) is 21.5. The van der Waals surface area contributed by atoms with E-state index in [0.717, 1.165) is 10.0 Å². The standard InChI is InChI=1S/C21H24N4O3S2/c1-13(2)14-5-7-15(8-6-14)23-20-24-25-21(30-20)29-12-19(26)22-16-9-17(27-3)11-18(10-16)28-4/h5-11,13H,12H2,1-4H3,(H,22,26)(H,23,24). The van der Waals surface area contributed by atoms with E-state index in [1.807, 2.05) is 12.1 Å². The van der Waals surface area contributed by atoms with E-state index in [-0.39, 0.29) is 11.7 Å². The van der Waals surface area contributed by atoms with Crippen LogP contribution in [-0.4, -0.2) is 36.1 Å². The van der Waals surface area contributed by atoms with Gasteiger partial charge in [0, 0.05) is 29.6 Å². The largest absolute Gasteiger partial charge is 0.497 e. The molecule has 158 valence electrons. The molecular formula is C21H24N4O3S2. The Kier molecular flexibility index (Phi) is 7.53. The van der Waals surface area contributed by atoms with E-state index in [1.54, 1.807) is 32.4 Å². The third kappa shape index (κ3) is 6.11. The highest BCUT2D eigenvalue weighted by Gasteiger charge is 2.10. The highest BCUT2D eigenvalue weighted by molar-refractivity contribution is 8.01. The van der Waals surface area contributed by atoms with Crippen molar-refractivity contribution in [1.82, 2.24) is 10.2 Å². The maximum absolute atomic E-state index is 12.3. The number of carbonyl (C=O) groups excluding carboxylic acids is 1. The summed E-state index contributed by atoms with van der Waals surface area (Å²) in [5, 5.41) is 15.1. The van der Waals surface area contributed by atoms with Gasteiger partial charge in [0.15, 0.2) is 4.34 Å². The van der Waals surface area contributed by atoms with Crippen molar-refractivity contribution in [3.8, 4) is 11.5 Å². The van der Waals surface area contributed by atoms with E-state index in [9.17, 15) is 4.79 Å². The molecule has 0 aliphatic carbocycles. The van der Waals surface area contributed by atoms with Crippen LogP contribution in [0.15, 0.2) is 46.8 Å². The number of nitrogens with zero attached hydrogens (tertiary/aromatic N) is 2. The minimum absolute atomic E-state index is 0.149. The average Bonchev–Trinajstić information content (AvgIpc) is 3.19. The second kappa shape index (κ2) is 10.3. The third-order valence-electron chi connectivity index (χ3n) is 4.20. The van der Waals surface area contributed by atoms with Crippen LogP contribution in [0.1, 0.15) is 25.3 Å². The highest BCUT2D eigenvalue weighted by Crippen LogP contribution is 2.29. The van der Waals surface area contributed by atoms with Crippen molar-refractivity contribution in [1.29, 1.82) is 0 Å². The SMILES string of the molecule is COc1cc(NC(=O)CSc2nnc(Nc3ccc(C(C)C)cc3)s2)cc(OC)c1. The number of nitrogens with one attached hydrogen (secondary N) is 2. The Bertz CT molecular complexity index is 968. The molecule has 0 bridgehead atoms. The van der Waals surface area contributed by atoms with Crippen molar-refractivity contribution in [2.45, 2.75) is 24.1 Å². The smallest absolute Gasteiger partial charge is 0.234 e. The normalized spacial score (nSPS) is 10.7. The monoisotopic (exact) mass is 444 g/mol. The molecular weight excluding hydrogens is 420 g/mol. The van der Waals surface area contributed by atoms with Crippen molar-refractivity contribution < 1.29 is 14.3 Å². The minimum atomic E-state index is -0.149. The molecule has 0 spiro atoms. The summed E-state index contributed by atoms with van der Waals surface area (Å²) >= 11 is 2.74. The number of methoxy groups -OCH3 is 2. The highest BCUT2D eigenvalue weighted by atomic mass is 32.2. The molecule has 3 aromatic rings. The molecule has 1 heterocycles. The van der Waals surface area contributed by atoms with Gasteiger partial charge >= 0.3 is 0 Å². The van der Waals surface area contributed by atoms with Gasteiger partial charge in [-0.3, -0.25) is 4.79 Å². The van der Waals surface area contributed by atoms with E-state index in [2.05, 4.69) is 46.8 Å². The number of ether oxygens (including phenoxy) is 2. The zero-order valence-corrected chi connectivity index (χ0v) is 18.9. The molecule has 0 saturated carbocycles. The van der Waals surface area contributed by atoms with Crippen molar-refractivity contribution in [3.63, 3.8) is 0 Å². The van der Waals surface area contributed by atoms with Crippen molar-refractivity contribution in [2.75, 3.05) is 30.6 Å². The van der Waals surface area contributed by atoms with Crippen LogP contribution in [0.5, 0.6) is 11.5 Å². The Morgan fingerprint density at radius 1 is 1.03 bits per heavy atom. The van der Waals surface area contributed by atoms with Crippen LogP contribution >= 0.6 is 23.1 Å². The van der Waals surface area contributed by atoms with Gasteiger partial charge in [-0.25, -0.2) is 0 Å². The van der Waals surface area contributed by atoms with Crippen LogP contribution in [0.3, 0.4) is 0 Å². The summed E-state index contributed by atoms with van der Waals surface area (Å²) in [5.74, 6) is 1.78. The third-order valence-corrected chi connectivity index (χ3v) is 6.17. The van der Waals surface area contributed by atoms with Crippen LogP contribution in [0.4, 0.5) is 16.5 Å². The molecule has 0 fully saturated rings. The summed E-state index contributed by atoms with van der Waals surface area (Å²) in [6, 6.07) is 13.5. The van der Waals surface area contributed by atoms with Crippen molar-refractivity contribution >= 4 is 45.5 Å². The Balaban J connectivity index is 1.53. The second-order valence-electron chi connectivity index (χ2n) is 6.71. The van der Waals surface area contributed by atoms with Crippen LogP contribution in [0.25, 0.3) is 0 Å². The first kappa shape index (κ1) is 21.9. The average molecular weight is 445 g/mol. The molecule has 0 aliphatic heterocycles. The molecule has 30 heavy (non-hydrogen) atoms. The fourth-order valence-corrected chi connectivity index (χ4v) is 4.17. The molecule has 2 N–H and O–H groups in total. The van der Waals surface area contributed by atoms with E-state index in [1.165, 1.54) is 28.7 Å². The number of anilines is 3. The Morgan fingerprint density at radius 3 is 2.30 bits per heavy atom. The maximum Gasteiger partial charge on any atom is 0.234 e. The Hall–Kier alpha value is -2.78. The van der Waals surface area contributed by atoms with Gasteiger partial charge < -0.3 is 20.1 Å². The molecule has 0 aliphatic rings. The second-order valence-corrected chi connectivity index (χ2v) is 8.91. The molecule has 1 aromatic heterocycles. The van der Waals surface area contributed by atoms with Crippen LogP contribution in [0, 0.1) is 0 Å². The lowest BCUT2D eigenvalue weighted by Gasteiger charge is -2.09. The summed E-state index contributed by atoms with van der Waals surface area (Å²) < 4.78 is 11.2. The molecule has 7 nitrogen and oxygen atoms in total. The fourth-order valence-electron chi connectivity index (χ4n) is 2.60. The molecule has 1 amide bonds. The van der Waals surface area contributed by atoms with Crippen molar-refractivity contribution in [3.05, 3.63) is 48.0 Å². The quantitative estimate of drug-likeness (QED) is 0.441. The van der Waals surface area contributed by atoms with Crippen molar-refractivity contribution in [2.24, 2.45) is 0 Å². The van der Waals surface area contributed by atoms with E-state index in [4.69, 9.17) is 9.47 Å². The molecule has 3 rings (SSSR count). The minimum Gasteiger partial charge on any atom is -0.497 e. The zero-order valence-electron chi connectivity index (χ0n) is 17.3. The number of carbonyl (C=O) groups is 1. The van der Waals surface area contributed by atoms with E-state index in [0.29, 0.717) is 28.2 Å². The Labute approximate surface area is 184 Å². The predicted octanol–water partition coefficient (Wildman–Crippen LogP) is 5.15. The number of thioether (sulfide) groups is 1. The molecule has 2 aromatic carbocycles. The first-order chi connectivity index (χ1) is 14.5. The molecule has 0 unspecified atom stereocenters. The predicted molar refractivity (Wildman–Crippen MR) is 123 cm³/mol. The number of amides is 1. The molecule has 0 atom stereocenters. The van der Waals surface area contributed by atoms with E-state index < -0.39 is 0 Å². The fraction of sp³-hybridized carbons (Fsp3) is 0.286. The number of hydrogen-bond acceptors (Lipinski definition) is 8. The summed E-state index contributed by atoms with van der Waals surface area (Å²) in [4.78, 5) is 12.3.